The number of hydrogen-bond acceptors (Lipinski definition) is 3. The number of aryl methyl sites for hydroxylation is 1. The van der Waals surface area contributed by atoms with Gasteiger partial charge in [-0.05, 0) is 61.0 Å². The average Bonchev–Trinajstić information content (AvgIpc) is 2.74. The molecule has 0 fully saturated rings. The highest BCUT2D eigenvalue weighted by molar-refractivity contribution is 6.05. The number of nitrogens with one attached hydrogen (secondary N) is 2. The van der Waals surface area contributed by atoms with Crippen molar-refractivity contribution in [3.05, 3.63) is 89.5 Å². The van der Waals surface area contributed by atoms with E-state index in [2.05, 4.69) is 5.32 Å². The van der Waals surface area contributed by atoms with Crippen molar-refractivity contribution in [3.8, 4) is 11.5 Å². The first kappa shape index (κ1) is 21.9. The highest BCUT2D eigenvalue weighted by Gasteiger charge is 2.28. The van der Waals surface area contributed by atoms with E-state index in [1.54, 1.807) is 54.7 Å². The van der Waals surface area contributed by atoms with E-state index in [0.717, 1.165) is 0 Å². The maximum absolute atomic E-state index is 12.6. The van der Waals surface area contributed by atoms with Crippen LogP contribution in [0.4, 0.5) is 18.9 Å². The van der Waals surface area contributed by atoms with E-state index in [4.69, 9.17) is 4.74 Å². The number of benzene rings is 3. The Bertz CT molecular complexity index is 1070. The predicted octanol–water partition coefficient (Wildman–Crippen LogP) is 5.33. The van der Waals surface area contributed by atoms with Gasteiger partial charge in [-0.2, -0.15) is 13.2 Å². The molecular formula is C23H19F3N2O3. The van der Waals surface area contributed by atoms with E-state index in [1.807, 2.05) is 18.2 Å². The SMILES string of the molecule is Cc1ccc(C(=O)NCC(F)(F)F)cc1NC(=O)c1ccc(Oc2ccccc2)cc1. The maximum atomic E-state index is 12.6. The molecule has 2 N–H and O–H groups in total. The van der Waals surface area contributed by atoms with E-state index < -0.39 is 24.5 Å². The molecule has 0 saturated carbocycles. The summed E-state index contributed by atoms with van der Waals surface area (Å²) < 4.78 is 42.6. The molecule has 31 heavy (non-hydrogen) atoms. The summed E-state index contributed by atoms with van der Waals surface area (Å²) in [5.74, 6) is -0.0874. The van der Waals surface area contributed by atoms with E-state index in [-0.39, 0.29) is 5.56 Å². The first-order valence-electron chi connectivity index (χ1n) is 9.31. The molecule has 0 radical (unpaired) electrons. The van der Waals surface area contributed by atoms with Crippen LogP contribution in [-0.2, 0) is 0 Å². The summed E-state index contributed by atoms with van der Waals surface area (Å²) >= 11 is 0. The summed E-state index contributed by atoms with van der Waals surface area (Å²) in [7, 11) is 0. The standard InChI is InChI=1S/C23H19F3N2O3/c1-15-7-8-17(21(29)27-14-23(24,25)26)13-20(15)28-22(30)16-9-11-19(12-10-16)31-18-5-3-2-4-6-18/h2-13H,14H2,1H3,(H,27,29)(H,28,30). The van der Waals surface area contributed by atoms with Crippen molar-refractivity contribution in [2.75, 3.05) is 11.9 Å². The minimum Gasteiger partial charge on any atom is -0.457 e. The van der Waals surface area contributed by atoms with Gasteiger partial charge in [-0.25, -0.2) is 0 Å². The van der Waals surface area contributed by atoms with Crippen LogP contribution in [0.5, 0.6) is 11.5 Å². The van der Waals surface area contributed by atoms with Gasteiger partial charge in [0.25, 0.3) is 11.8 Å². The van der Waals surface area contributed by atoms with E-state index in [9.17, 15) is 22.8 Å². The fourth-order valence-electron chi connectivity index (χ4n) is 2.67. The highest BCUT2D eigenvalue weighted by atomic mass is 19.4. The topological polar surface area (TPSA) is 67.4 Å². The number of rotatable bonds is 6. The van der Waals surface area contributed by atoms with Crippen LogP contribution in [0.25, 0.3) is 0 Å². The van der Waals surface area contributed by atoms with Crippen molar-refractivity contribution in [3.63, 3.8) is 0 Å². The lowest BCUT2D eigenvalue weighted by atomic mass is 10.1. The second-order valence-corrected chi connectivity index (χ2v) is 6.72. The van der Waals surface area contributed by atoms with Crippen molar-refractivity contribution in [2.24, 2.45) is 0 Å². The Kier molecular flexibility index (Phi) is 6.59. The molecule has 3 aromatic rings. The van der Waals surface area contributed by atoms with Gasteiger partial charge in [0, 0.05) is 16.8 Å². The largest absolute Gasteiger partial charge is 0.457 e. The first-order chi connectivity index (χ1) is 14.7. The molecule has 0 unspecified atom stereocenters. The maximum Gasteiger partial charge on any atom is 0.405 e. The summed E-state index contributed by atoms with van der Waals surface area (Å²) in [4.78, 5) is 24.5. The first-order valence-corrected chi connectivity index (χ1v) is 9.31. The van der Waals surface area contributed by atoms with E-state index in [0.29, 0.717) is 28.3 Å². The van der Waals surface area contributed by atoms with Gasteiger partial charge in [-0.3, -0.25) is 9.59 Å². The molecule has 0 spiro atoms. The smallest absolute Gasteiger partial charge is 0.405 e. The molecule has 160 valence electrons. The van der Waals surface area contributed by atoms with Gasteiger partial charge in [0.15, 0.2) is 0 Å². The van der Waals surface area contributed by atoms with Gasteiger partial charge in [-0.15, -0.1) is 0 Å². The third kappa shape index (κ3) is 6.33. The third-order valence-corrected chi connectivity index (χ3v) is 4.29. The van der Waals surface area contributed by atoms with Crippen LogP contribution in [-0.4, -0.2) is 24.5 Å². The van der Waals surface area contributed by atoms with Crippen LogP contribution >= 0.6 is 0 Å². The quantitative estimate of drug-likeness (QED) is 0.558. The zero-order valence-electron chi connectivity index (χ0n) is 16.5. The third-order valence-electron chi connectivity index (χ3n) is 4.29. The number of anilines is 1. The lowest BCUT2D eigenvalue weighted by Gasteiger charge is -2.12. The van der Waals surface area contributed by atoms with Crippen molar-refractivity contribution < 1.29 is 27.5 Å². The minimum atomic E-state index is -4.51. The van der Waals surface area contributed by atoms with Crippen molar-refractivity contribution >= 4 is 17.5 Å². The lowest BCUT2D eigenvalue weighted by molar-refractivity contribution is -0.123. The number of ether oxygens (including phenoxy) is 1. The molecule has 0 atom stereocenters. The molecule has 2 amide bonds. The minimum absolute atomic E-state index is 0.0109. The van der Waals surface area contributed by atoms with Gasteiger partial charge in [0.1, 0.15) is 18.0 Å². The van der Waals surface area contributed by atoms with Crippen molar-refractivity contribution in [1.82, 2.24) is 5.32 Å². The van der Waals surface area contributed by atoms with Gasteiger partial charge in [-0.1, -0.05) is 24.3 Å². The Hall–Kier alpha value is -3.81. The van der Waals surface area contributed by atoms with Crippen LogP contribution in [0.15, 0.2) is 72.8 Å². The average molecular weight is 428 g/mol. The Morgan fingerprint density at radius 1 is 0.839 bits per heavy atom. The van der Waals surface area contributed by atoms with Gasteiger partial charge >= 0.3 is 6.18 Å². The Balaban J connectivity index is 1.67. The molecule has 0 heterocycles. The fraction of sp³-hybridized carbons (Fsp3) is 0.130. The fourth-order valence-corrected chi connectivity index (χ4v) is 2.67. The lowest BCUT2D eigenvalue weighted by Crippen LogP contribution is -2.33. The Labute approximate surface area is 176 Å². The number of carbonyl (C=O) groups excluding carboxylic acids is 2. The number of para-hydroxylation sites is 1. The second-order valence-electron chi connectivity index (χ2n) is 6.72. The van der Waals surface area contributed by atoms with E-state index >= 15 is 0 Å². The van der Waals surface area contributed by atoms with Gasteiger partial charge in [0.05, 0.1) is 0 Å². The summed E-state index contributed by atoms with van der Waals surface area (Å²) in [5.41, 5.74) is 1.35. The van der Waals surface area contributed by atoms with Gasteiger partial charge < -0.3 is 15.4 Å². The highest BCUT2D eigenvalue weighted by Crippen LogP contribution is 2.23. The Morgan fingerprint density at radius 2 is 1.45 bits per heavy atom. The number of halogens is 3. The van der Waals surface area contributed by atoms with Crippen LogP contribution in [0.2, 0.25) is 0 Å². The molecule has 5 nitrogen and oxygen atoms in total. The van der Waals surface area contributed by atoms with Gasteiger partial charge in [0.2, 0.25) is 0 Å². The zero-order valence-corrected chi connectivity index (χ0v) is 16.5. The molecular weight excluding hydrogens is 409 g/mol. The second kappa shape index (κ2) is 9.34. The number of amides is 2. The zero-order chi connectivity index (χ0) is 22.4. The monoisotopic (exact) mass is 428 g/mol. The summed E-state index contributed by atoms with van der Waals surface area (Å²) in [6.45, 7) is 0.280. The number of carbonyl (C=O) groups is 2. The van der Waals surface area contributed by atoms with Crippen LogP contribution in [0.1, 0.15) is 26.3 Å². The van der Waals surface area contributed by atoms with Crippen molar-refractivity contribution in [2.45, 2.75) is 13.1 Å². The molecule has 3 aromatic carbocycles. The molecule has 0 aromatic heterocycles. The molecule has 0 aliphatic carbocycles. The molecule has 0 bridgehead atoms. The molecule has 0 aliphatic rings. The Morgan fingerprint density at radius 3 is 2.10 bits per heavy atom. The van der Waals surface area contributed by atoms with Crippen LogP contribution in [0.3, 0.4) is 0 Å². The molecule has 0 saturated heterocycles. The molecule has 8 heteroatoms. The van der Waals surface area contributed by atoms with Crippen LogP contribution < -0.4 is 15.4 Å². The summed E-state index contributed by atoms with van der Waals surface area (Å²) in [5, 5.41) is 4.49. The number of hydrogen-bond donors (Lipinski definition) is 2. The van der Waals surface area contributed by atoms with E-state index in [1.165, 1.54) is 12.1 Å². The predicted molar refractivity (Wildman–Crippen MR) is 110 cm³/mol. The summed E-state index contributed by atoms with van der Waals surface area (Å²) in [6.07, 6.45) is -4.51. The molecule has 0 aliphatic heterocycles. The summed E-state index contributed by atoms with van der Waals surface area (Å²) in [6, 6.07) is 19.9. The van der Waals surface area contributed by atoms with Crippen LogP contribution in [0, 0.1) is 6.92 Å². The van der Waals surface area contributed by atoms with Crippen molar-refractivity contribution in [1.29, 1.82) is 0 Å². The normalized spacial score (nSPS) is 11.0. The molecule has 3 rings (SSSR count). The number of alkyl halides is 3.